The molecule has 2 rings (SSSR count). The highest BCUT2D eigenvalue weighted by Gasteiger charge is 2.13. The van der Waals surface area contributed by atoms with Crippen LogP contribution in [0, 0.1) is 0 Å². The largest absolute Gasteiger partial charge is 0.550 e. The van der Waals surface area contributed by atoms with Gasteiger partial charge in [-0.3, -0.25) is 0 Å². The Morgan fingerprint density at radius 1 is 1.39 bits per heavy atom. The Kier molecular flexibility index (Phi) is 3.06. The molecule has 94 valence electrons. The van der Waals surface area contributed by atoms with Crippen molar-refractivity contribution in [2.24, 2.45) is 0 Å². The van der Waals surface area contributed by atoms with Gasteiger partial charge in [0.05, 0.1) is 0 Å². The zero-order chi connectivity index (χ0) is 13.3. The van der Waals surface area contributed by atoms with Crippen LogP contribution in [0.2, 0.25) is 0 Å². The van der Waals surface area contributed by atoms with E-state index in [0.29, 0.717) is 22.9 Å². The minimum atomic E-state index is -1.26. The van der Waals surface area contributed by atoms with E-state index >= 15 is 0 Å². The van der Waals surface area contributed by atoms with E-state index in [2.05, 4.69) is 0 Å². The van der Waals surface area contributed by atoms with Crippen molar-refractivity contribution in [1.29, 1.82) is 0 Å². The Hall–Kier alpha value is -2.30. The van der Waals surface area contributed by atoms with Gasteiger partial charge in [0, 0.05) is 29.4 Å². The van der Waals surface area contributed by atoms with E-state index in [1.807, 2.05) is 0 Å². The third-order valence-corrected chi connectivity index (χ3v) is 2.78. The topological polar surface area (TPSA) is 90.6 Å². The molecule has 0 aliphatic heterocycles. The van der Waals surface area contributed by atoms with Gasteiger partial charge in [0.25, 0.3) is 0 Å². The van der Waals surface area contributed by atoms with E-state index in [9.17, 15) is 19.8 Å². The van der Waals surface area contributed by atoms with Gasteiger partial charge in [-0.25, -0.2) is 4.79 Å². The standard InChI is InChI=1S/C13H12O5/c1-2-8-10(6-12(15)16)9-4-3-7(14)5-11(9)18-13(8)17/h3-5,14H,2,6H2,1H3,(H,15,16)/p-1. The summed E-state index contributed by atoms with van der Waals surface area (Å²) in [5, 5.41) is 20.6. The van der Waals surface area contributed by atoms with Gasteiger partial charge in [0.1, 0.15) is 11.3 Å². The van der Waals surface area contributed by atoms with Crippen molar-refractivity contribution in [3.63, 3.8) is 0 Å². The molecule has 0 bridgehead atoms. The van der Waals surface area contributed by atoms with E-state index in [0.717, 1.165) is 0 Å². The molecule has 0 spiro atoms. The van der Waals surface area contributed by atoms with Gasteiger partial charge in [0.2, 0.25) is 0 Å². The van der Waals surface area contributed by atoms with Gasteiger partial charge < -0.3 is 19.4 Å². The highest BCUT2D eigenvalue weighted by Crippen LogP contribution is 2.24. The maximum absolute atomic E-state index is 11.7. The first-order valence-electron chi connectivity index (χ1n) is 5.50. The molecule has 1 aromatic heterocycles. The number of carbonyl (C=O) groups is 1. The van der Waals surface area contributed by atoms with Crippen LogP contribution >= 0.6 is 0 Å². The molecular weight excluding hydrogens is 236 g/mol. The fourth-order valence-electron chi connectivity index (χ4n) is 2.00. The van der Waals surface area contributed by atoms with E-state index in [-0.39, 0.29) is 17.8 Å². The maximum atomic E-state index is 11.7. The summed E-state index contributed by atoms with van der Waals surface area (Å²) >= 11 is 0. The smallest absolute Gasteiger partial charge is 0.339 e. The molecule has 0 fully saturated rings. The number of phenols is 1. The lowest BCUT2D eigenvalue weighted by Gasteiger charge is -2.10. The molecule has 0 radical (unpaired) electrons. The summed E-state index contributed by atoms with van der Waals surface area (Å²) in [4.78, 5) is 22.5. The number of hydrogen-bond acceptors (Lipinski definition) is 5. The molecule has 18 heavy (non-hydrogen) atoms. The number of carboxylic acid groups (broad SMARTS) is 1. The first kappa shape index (κ1) is 12.2. The third kappa shape index (κ3) is 2.07. The van der Waals surface area contributed by atoms with Crippen molar-refractivity contribution in [3.8, 4) is 5.75 Å². The van der Waals surface area contributed by atoms with Crippen LogP contribution < -0.4 is 10.7 Å². The Bertz CT molecular complexity index is 669. The molecule has 0 atom stereocenters. The fourth-order valence-corrected chi connectivity index (χ4v) is 2.00. The second-order valence-electron chi connectivity index (χ2n) is 3.93. The van der Waals surface area contributed by atoms with E-state index in [1.54, 1.807) is 6.92 Å². The minimum absolute atomic E-state index is 0.0469. The molecule has 0 amide bonds. The third-order valence-electron chi connectivity index (χ3n) is 2.78. The van der Waals surface area contributed by atoms with Crippen LogP contribution in [-0.2, 0) is 17.6 Å². The van der Waals surface area contributed by atoms with Crippen LogP contribution in [0.3, 0.4) is 0 Å². The molecule has 0 saturated heterocycles. The van der Waals surface area contributed by atoms with Gasteiger partial charge in [0.15, 0.2) is 0 Å². The Morgan fingerprint density at radius 3 is 2.72 bits per heavy atom. The monoisotopic (exact) mass is 247 g/mol. The summed E-state index contributed by atoms with van der Waals surface area (Å²) in [6.07, 6.45) is 0.0256. The Morgan fingerprint density at radius 2 is 2.11 bits per heavy atom. The molecule has 0 unspecified atom stereocenters. The highest BCUT2D eigenvalue weighted by molar-refractivity contribution is 5.86. The summed E-state index contributed by atoms with van der Waals surface area (Å²) in [6, 6.07) is 4.24. The Labute approximate surface area is 102 Å². The summed E-state index contributed by atoms with van der Waals surface area (Å²) in [7, 11) is 0. The first-order chi connectivity index (χ1) is 8.52. The second-order valence-corrected chi connectivity index (χ2v) is 3.93. The van der Waals surface area contributed by atoms with Crippen molar-refractivity contribution in [2.45, 2.75) is 19.8 Å². The van der Waals surface area contributed by atoms with Crippen molar-refractivity contribution in [1.82, 2.24) is 0 Å². The molecule has 1 N–H and O–H groups in total. The number of aliphatic carboxylic acids is 1. The second kappa shape index (κ2) is 4.52. The SMILES string of the molecule is CCc1c(CC(=O)[O-])c2ccc(O)cc2oc1=O. The maximum Gasteiger partial charge on any atom is 0.339 e. The molecule has 0 aliphatic carbocycles. The van der Waals surface area contributed by atoms with Crippen LogP contribution in [0.5, 0.6) is 5.75 Å². The number of aromatic hydroxyl groups is 1. The van der Waals surface area contributed by atoms with Gasteiger partial charge in [-0.05, 0) is 24.1 Å². The zero-order valence-electron chi connectivity index (χ0n) is 9.73. The van der Waals surface area contributed by atoms with E-state index in [4.69, 9.17) is 4.42 Å². The number of rotatable bonds is 3. The van der Waals surface area contributed by atoms with Crippen LogP contribution in [0.4, 0.5) is 0 Å². The average molecular weight is 247 g/mol. The average Bonchev–Trinajstić information content (AvgIpc) is 2.27. The molecule has 0 saturated carbocycles. The van der Waals surface area contributed by atoms with E-state index < -0.39 is 11.6 Å². The number of carboxylic acids is 1. The highest BCUT2D eigenvalue weighted by atomic mass is 16.4. The van der Waals surface area contributed by atoms with Crippen LogP contribution in [0.1, 0.15) is 18.1 Å². The fraction of sp³-hybridized carbons (Fsp3) is 0.231. The number of phenolic OH excluding ortho intramolecular Hbond substituents is 1. The number of hydrogen-bond donors (Lipinski definition) is 1. The van der Waals surface area contributed by atoms with Crippen LogP contribution in [0.25, 0.3) is 11.0 Å². The molecule has 1 heterocycles. The first-order valence-corrected chi connectivity index (χ1v) is 5.50. The van der Waals surface area contributed by atoms with Crippen molar-refractivity contribution >= 4 is 16.9 Å². The Balaban J connectivity index is 2.83. The lowest BCUT2D eigenvalue weighted by atomic mass is 10.00. The molecule has 1 aromatic carbocycles. The summed E-state index contributed by atoms with van der Waals surface area (Å²) in [6.45, 7) is 1.75. The van der Waals surface area contributed by atoms with Crippen molar-refractivity contribution in [2.75, 3.05) is 0 Å². The van der Waals surface area contributed by atoms with Crippen molar-refractivity contribution < 1.29 is 19.4 Å². The quantitative estimate of drug-likeness (QED) is 0.790. The summed E-state index contributed by atoms with van der Waals surface area (Å²) < 4.78 is 5.06. The summed E-state index contributed by atoms with van der Waals surface area (Å²) in [5.41, 5.74) is 0.321. The molecule has 0 aliphatic rings. The van der Waals surface area contributed by atoms with Gasteiger partial charge in [-0.1, -0.05) is 6.92 Å². The summed E-state index contributed by atoms with van der Waals surface area (Å²) in [5.74, 6) is -1.31. The predicted molar refractivity (Wildman–Crippen MR) is 62.2 cm³/mol. The predicted octanol–water partition coefficient (Wildman–Crippen LogP) is 0.353. The zero-order valence-corrected chi connectivity index (χ0v) is 9.73. The normalized spacial score (nSPS) is 10.7. The van der Waals surface area contributed by atoms with E-state index in [1.165, 1.54) is 18.2 Å². The van der Waals surface area contributed by atoms with Gasteiger partial charge >= 0.3 is 5.63 Å². The number of benzene rings is 1. The molecular formula is C13H11O5-. The lowest BCUT2D eigenvalue weighted by Crippen LogP contribution is -2.26. The minimum Gasteiger partial charge on any atom is -0.550 e. The van der Waals surface area contributed by atoms with Gasteiger partial charge in [-0.2, -0.15) is 0 Å². The van der Waals surface area contributed by atoms with Crippen LogP contribution in [0.15, 0.2) is 27.4 Å². The molecule has 5 nitrogen and oxygen atoms in total. The van der Waals surface area contributed by atoms with Crippen molar-refractivity contribution in [3.05, 3.63) is 39.7 Å². The number of carbonyl (C=O) groups excluding carboxylic acids is 1. The molecule has 2 aromatic rings. The van der Waals surface area contributed by atoms with Gasteiger partial charge in [-0.15, -0.1) is 0 Å². The lowest BCUT2D eigenvalue weighted by molar-refractivity contribution is -0.304. The van der Waals surface area contributed by atoms with Crippen LogP contribution in [-0.4, -0.2) is 11.1 Å². The number of fused-ring (bicyclic) bond motifs is 1. The molecule has 5 heteroatoms.